The number of hydrogen-bond acceptors (Lipinski definition) is 4. The minimum absolute atomic E-state index is 0.111. The zero-order valence-electron chi connectivity index (χ0n) is 18.9. The van der Waals surface area contributed by atoms with Crippen molar-refractivity contribution in [1.29, 1.82) is 0 Å². The van der Waals surface area contributed by atoms with Gasteiger partial charge in [0.05, 0.1) is 18.0 Å². The molecule has 1 aliphatic heterocycles. The van der Waals surface area contributed by atoms with Crippen LogP contribution in [0.1, 0.15) is 55.5 Å². The number of aryl methyl sites for hydroxylation is 1. The van der Waals surface area contributed by atoms with Crippen molar-refractivity contribution in [2.75, 3.05) is 6.61 Å². The van der Waals surface area contributed by atoms with Gasteiger partial charge in [0.2, 0.25) is 0 Å². The molecule has 4 nitrogen and oxygen atoms in total. The van der Waals surface area contributed by atoms with Gasteiger partial charge in [-0.1, -0.05) is 56.7 Å². The highest BCUT2D eigenvalue weighted by atomic mass is 16.5. The molecular weight excluding hydrogens is 382 g/mol. The highest BCUT2D eigenvalue weighted by Crippen LogP contribution is 2.28. The topological polar surface area (TPSA) is 46.0 Å². The molecule has 31 heavy (non-hydrogen) atoms. The number of hydrogen-bond donors (Lipinski definition) is 1. The molecule has 0 aromatic heterocycles. The Bertz CT molecular complexity index is 1130. The lowest BCUT2D eigenvalue weighted by atomic mass is 9.86. The summed E-state index contributed by atoms with van der Waals surface area (Å²) >= 11 is 0. The van der Waals surface area contributed by atoms with Crippen LogP contribution in [0.15, 0.2) is 76.8 Å². The molecule has 158 valence electrons. The predicted molar refractivity (Wildman–Crippen MR) is 129 cm³/mol. The first-order valence-electron chi connectivity index (χ1n) is 10.7. The minimum Gasteiger partial charge on any atom is -0.494 e. The number of hydrazone groups is 1. The second kappa shape index (κ2) is 8.38. The molecule has 4 rings (SSSR count). The van der Waals surface area contributed by atoms with E-state index < -0.39 is 0 Å². The highest BCUT2D eigenvalue weighted by Gasteiger charge is 2.19. The summed E-state index contributed by atoms with van der Waals surface area (Å²) < 4.78 is 5.59. The molecule has 0 spiro atoms. The number of benzene rings is 3. The lowest BCUT2D eigenvalue weighted by Crippen LogP contribution is -2.20. The third-order valence-corrected chi connectivity index (χ3v) is 5.38. The molecule has 3 aromatic carbocycles. The van der Waals surface area contributed by atoms with E-state index in [9.17, 15) is 0 Å². The molecule has 1 N–H and O–H groups in total. The number of rotatable bonds is 4. The molecule has 1 heterocycles. The van der Waals surface area contributed by atoms with Crippen LogP contribution in [0.4, 0.5) is 5.69 Å². The zero-order valence-corrected chi connectivity index (χ0v) is 18.9. The van der Waals surface area contributed by atoms with Gasteiger partial charge in [-0.2, -0.15) is 5.10 Å². The molecule has 1 aliphatic rings. The van der Waals surface area contributed by atoms with E-state index in [1.807, 2.05) is 31.2 Å². The molecule has 0 unspecified atom stereocenters. The van der Waals surface area contributed by atoms with Gasteiger partial charge in [-0.25, -0.2) is 4.99 Å². The third-order valence-electron chi connectivity index (χ3n) is 5.38. The van der Waals surface area contributed by atoms with Gasteiger partial charge in [0, 0.05) is 16.7 Å². The number of ether oxygens (including phenoxy) is 1. The van der Waals surface area contributed by atoms with E-state index in [0.29, 0.717) is 6.61 Å². The van der Waals surface area contributed by atoms with Crippen LogP contribution in [-0.2, 0) is 5.41 Å². The van der Waals surface area contributed by atoms with Crippen LogP contribution in [0, 0.1) is 6.92 Å². The Kier molecular flexibility index (Phi) is 5.64. The smallest absolute Gasteiger partial charge is 0.154 e. The van der Waals surface area contributed by atoms with Gasteiger partial charge in [0.25, 0.3) is 0 Å². The first-order valence-corrected chi connectivity index (χ1v) is 10.7. The first kappa shape index (κ1) is 20.9. The monoisotopic (exact) mass is 411 g/mol. The Morgan fingerprint density at radius 1 is 0.871 bits per heavy atom. The molecule has 0 aliphatic carbocycles. The summed E-state index contributed by atoms with van der Waals surface area (Å²) in [5.41, 5.74) is 10.6. The largest absolute Gasteiger partial charge is 0.494 e. The quantitative estimate of drug-likeness (QED) is 0.562. The number of amidine groups is 1. The standard InChI is InChI=1S/C27H29N3O/c1-6-31-22-14-10-19(11-15-22)25-23-17-18(2)7-16-24(23)28-26(30-29-25)20-8-12-21(13-9-20)27(3,4)5/h7-17H,6H2,1-5H3,(H,28,30). The van der Waals surface area contributed by atoms with Gasteiger partial charge in [-0.05, 0) is 61.2 Å². The van der Waals surface area contributed by atoms with E-state index in [2.05, 4.69) is 75.6 Å². The summed E-state index contributed by atoms with van der Waals surface area (Å²) in [4.78, 5) is 4.93. The average molecular weight is 412 g/mol. The Labute approximate surface area is 184 Å². The van der Waals surface area contributed by atoms with Crippen LogP contribution < -0.4 is 10.2 Å². The Hall–Kier alpha value is -3.40. The van der Waals surface area contributed by atoms with E-state index in [1.54, 1.807) is 0 Å². The predicted octanol–water partition coefficient (Wildman–Crippen LogP) is 6.13. The van der Waals surface area contributed by atoms with Crippen LogP contribution in [0.5, 0.6) is 5.75 Å². The van der Waals surface area contributed by atoms with Gasteiger partial charge >= 0.3 is 0 Å². The highest BCUT2D eigenvalue weighted by molar-refractivity contribution is 6.18. The number of aliphatic imine (C=N–C) groups is 1. The van der Waals surface area contributed by atoms with Gasteiger partial charge in [-0.15, -0.1) is 0 Å². The molecule has 0 saturated heterocycles. The van der Waals surface area contributed by atoms with Crippen LogP contribution in [0.25, 0.3) is 0 Å². The van der Waals surface area contributed by atoms with E-state index in [1.165, 1.54) is 11.1 Å². The van der Waals surface area contributed by atoms with E-state index in [0.717, 1.165) is 39.7 Å². The van der Waals surface area contributed by atoms with Crippen molar-refractivity contribution >= 4 is 17.2 Å². The SMILES string of the molecule is CCOc1ccc(C2=NNC(c3ccc(C(C)(C)C)cc3)=Nc3ccc(C)cc32)cc1. The molecule has 0 saturated carbocycles. The maximum atomic E-state index is 5.59. The van der Waals surface area contributed by atoms with Crippen molar-refractivity contribution < 1.29 is 4.74 Å². The van der Waals surface area contributed by atoms with Crippen LogP contribution in [0.2, 0.25) is 0 Å². The first-order chi connectivity index (χ1) is 14.8. The summed E-state index contributed by atoms with van der Waals surface area (Å²) in [6.45, 7) is 11.4. The lowest BCUT2D eigenvalue weighted by Gasteiger charge is -2.19. The van der Waals surface area contributed by atoms with Crippen molar-refractivity contribution in [2.45, 2.75) is 40.0 Å². The van der Waals surface area contributed by atoms with Gasteiger partial charge < -0.3 is 4.74 Å². The fourth-order valence-electron chi connectivity index (χ4n) is 3.60. The second-order valence-electron chi connectivity index (χ2n) is 8.84. The Morgan fingerprint density at radius 2 is 1.55 bits per heavy atom. The summed E-state index contributed by atoms with van der Waals surface area (Å²) in [6.07, 6.45) is 0. The molecule has 0 atom stereocenters. The normalized spacial score (nSPS) is 13.5. The maximum absolute atomic E-state index is 5.59. The lowest BCUT2D eigenvalue weighted by molar-refractivity contribution is 0.340. The van der Waals surface area contributed by atoms with E-state index >= 15 is 0 Å². The summed E-state index contributed by atoms with van der Waals surface area (Å²) in [7, 11) is 0. The Balaban J connectivity index is 1.75. The second-order valence-corrected chi connectivity index (χ2v) is 8.84. The third kappa shape index (κ3) is 4.53. The summed E-state index contributed by atoms with van der Waals surface area (Å²) in [5.74, 6) is 1.60. The molecule has 0 bridgehead atoms. The Morgan fingerprint density at radius 3 is 2.19 bits per heavy atom. The summed E-state index contributed by atoms with van der Waals surface area (Å²) in [5, 5.41) is 4.78. The van der Waals surface area contributed by atoms with Crippen LogP contribution >= 0.6 is 0 Å². The van der Waals surface area contributed by atoms with E-state index in [-0.39, 0.29) is 5.41 Å². The van der Waals surface area contributed by atoms with E-state index in [4.69, 9.17) is 14.8 Å². The van der Waals surface area contributed by atoms with Gasteiger partial charge in [0.1, 0.15) is 5.75 Å². The zero-order chi connectivity index (χ0) is 22.0. The molecule has 0 radical (unpaired) electrons. The minimum atomic E-state index is 0.111. The number of nitrogens with one attached hydrogen (secondary N) is 1. The molecule has 4 heteroatoms. The molecular formula is C27H29N3O. The van der Waals surface area contributed by atoms with Crippen LogP contribution in [-0.4, -0.2) is 18.2 Å². The summed E-state index contributed by atoms with van der Waals surface area (Å²) in [6, 6.07) is 22.9. The fraction of sp³-hybridized carbons (Fsp3) is 0.259. The molecule has 0 amide bonds. The fourth-order valence-corrected chi connectivity index (χ4v) is 3.60. The van der Waals surface area contributed by atoms with Crippen molar-refractivity contribution in [3.8, 4) is 5.75 Å². The molecule has 0 fully saturated rings. The number of nitrogens with zero attached hydrogens (tertiary/aromatic N) is 2. The number of fused-ring (bicyclic) bond motifs is 1. The molecule has 3 aromatic rings. The van der Waals surface area contributed by atoms with Gasteiger partial charge in [0.15, 0.2) is 5.84 Å². The average Bonchev–Trinajstić information content (AvgIpc) is 2.93. The van der Waals surface area contributed by atoms with Crippen molar-refractivity contribution in [3.63, 3.8) is 0 Å². The van der Waals surface area contributed by atoms with Crippen LogP contribution in [0.3, 0.4) is 0 Å². The van der Waals surface area contributed by atoms with Crippen molar-refractivity contribution in [3.05, 3.63) is 94.5 Å². The van der Waals surface area contributed by atoms with Gasteiger partial charge in [-0.3, -0.25) is 5.43 Å². The van der Waals surface area contributed by atoms with Crippen molar-refractivity contribution in [2.24, 2.45) is 10.1 Å². The van der Waals surface area contributed by atoms with Crippen molar-refractivity contribution in [1.82, 2.24) is 5.43 Å². The maximum Gasteiger partial charge on any atom is 0.154 e.